The largest absolute Gasteiger partial charge is 0.573 e. The number of para-hydroxylation sites is 1. The van der Waals surface area contributed by atoms with E-state index in [1.807, 2.05) is 19.0 Å². The minimum absolute atomic E-state index is 0.0206. The van der Waals surface area contributed by atoms with Crippen LogP contribution in [0.2, 0.25) is 5.02 Å². The van der Waals surface area contributed by atoms with Crippen LogP contribution in [-0.4, -0.2) is 48.4 Å². The lowest BCUT2D eigenvalue weighted by atomic mass is 10.1. The van der Waals surface area contributed by atoms with Gasteiger partial charge in [-0.15, -0.1) is 13.2 Å². The second kappa shape index (κ2) is 10.0. The molecule has 0 unspecified atom stereocenters. The Kier molecular flexibility index (Phi) is 7.37. The van der Waals surface area contributed by atoms with Gasteiger partial charge in [-0.25, -0.2) is 9.37 Å². The van der Waals surface area contributed by atoms with Crippen molar-refractivity contribution < 1.29 is 22.3 Å². The number of benzene rings is 2. The lowest BCUT2D eigenvalue weighted by molar-refractivity contribution is -0.274. The van der Waals surface area contributed by atoms with E-state index in [9.17, 15) is 17.6 Å². The van der Waals surface area contributed by atoms with Gasteiger partial charge in [0.25, 0.3) is 0 Å². The van der Waals surface area contributed by atoms with Crippen molar-refractivity contribution in [2.45, 2.75) is 6.36 Å². The number of anilines is 3. The van der Waals surface area contributed by atoms with Gasteiger partial charge in [0.2, 0.25) is 5.95 Å². The van der Waals surface area contributed by atoms with Crippen molar-refractivity contribution in [1.29, 1.82) is 0 Å². The fourth-order valence-corrected chi connectivity index (χ4v) is 2.94. The zero-order chi connectivity index (χ0) is 23.3. The summed E-state index contributed by atoms with van der Waals surface area (Å²) in [5.74, 6) is -0.555. The van der Waals surface area contributed by atoms with Gasteiger partial charge in [-0.2, -0.15) is 4.98 Å². The number of nitrogens with zero attached hydrogens (tertiary/aromatic N) is 3. The molecule has 2 N–H and O–H groups in total. The van der Waals surface area contributed by atoms with Crippen LogP contribution in [0, 0.1) is 5.82 Å². The number of likely N-dealkylation sites (N-methyl/N-ethyl adjacent to an activating group) is 1. The first kappa shape index (κ1) is 23.6. The molecule has 3 rings (SSSR count). The molecule has 0 aliphatic rings. The van der Waals surface area contributed by atoms with Crippen LogP contribution in [0.3, 0.4) is 0 Å². The van der Waals surface area contributed by atoms with Crippen LogP contribution in [-0.2, 0) is 0 Å². The van der Waals surface area contributed by atoms with E-state index in [2.05, 4.69) is 25.3 Å². The van der Waals surface area contributed by atoms with Gasteiger partial charge in [0.15, 0.2) is 0 Å². The van der Waals surface area contributed by atoms with E-state index in [1.54, 1.807) is 6.07 Å². The molecule has 0 atom stereocenters. The molecule has 11 heteroatoms. The predicted octanol–water partition coefficient (Wildman–Crippen LogP) is 5.55. The Balaban J connectivity index is 1.98. The Morgan fingerprint density at radius 1 is 1.06 bits per heavy atom. The molecule has 0 aliphatic carbocycles. The minimum atomic E-state index is -4.82. The van der Waals surface area contributed by atoms with Gasteiger partial charge in [0.1, 0.15) is 17.4 Å². The first-order chi connectivity index (χ1) is 15.1. The molecule has 0 aliphatic heterocycles. The Morgan fingerprint density at radius 3 is 2.50 bits per heavy atom. The van der Waals surface area contributed by atoms with Gasteiger partial charge in [-0.05, 0) is 38.4 Å². The van der Waals surface area contributed by atoms with Crippen molar-refractivity contribution in [3.63, 3.8) is 0 Å². The molecular formula is C21H20ClF4N5O. The van der Waals surface area contributed by atoms with Crippen molar-refractivity contribution in [3.05, 3.63) is 59.4 Å². The van der Waals surface area contributed by atoms with Gasteiger partial charge in [-0.3, -0.25) is 0 Å². The summed E-state index contributed by atoms with van der Waals surface area (Å²) in [6.07, 6.45) is -4.82. The van der Waals surface area contributed by atoms with Gasteiger partial charge >= 0.3 is 6.36 Å². The maximum atomic E-state index is 14.2. The quantitative estimate of drug-likeness (QED) is 0.422. The summed E-state index contributed by atoms with van der Waals surface area (Å²) in [5.41, 5.74) is 0.676. The summed E-state index contributed by atoms with van der Waals surface area (Å²) in [5, 5.41) is 6.02. The molecule has 0 fully saturated rings. The van der Waals surface area contributed by atoms with E-state index < -0.39 is 12.2 Å². The molecule has 0 saturated heterocycles. The minimum Gasteiger partial charge on any atom is -0.406 e. The van der Waals surface area contributed by atoms with Crippen LogP contribution in [0.4, 0.5) is 35.0 Å². The third-order valence-corrected chi connectivity index (χ3v) is 4.46. The zero-order valence-corrected chi connectivity index (χ0v) is 17.9. The van der Waals surface area contributed by atoms with E-state index in [1.165, 1.54) is 42.5 Å². The number of halogens is 5. The number of aromatic nitrogens is 2. The van der Waals surface area contributed by atoms with Crippen molar-refractivity contribution in [3.8, 4) is 17.0 Å². The van der Waals surface area contributed by atoms with E-state index in [0.717, 1.165) is 0 Å². The predicted molar refractivity (Wildman–Crippen MR) is 116 cm³/mol. The fourth-order valence-electron chi connectivity index (χ4n) is 2.73. The summed E-state index contributed by atoms with van der Waals surface area (Å²) >= 11 is 6.09. The zero-order valence-electron chi connectivity index (χ0n) is 17.2. The highest BCUT2D eigenvalue weighted by Crippen LogP contribution is 2.31. The van der Waals surface area contributed by atoms with Crippen LogP contribution in [0.25, 0.3) is 11.3 Å². The molecule has 3 aromatic rings. The number of rotatable bonds is 8. The molecule has 0 radical (unpaired) electrons. The molecule has 6 nitrogen and oxygen atoms in total. The molecule has 2 aromatic carbocycles. The molecular weight excluding hydrogens is 450 g/mol. The highest BCUT2D eigenvalue weighted by Gasteiger charge is 2.31. The first-order valence-corrected chi connectivity index (χ1v) is 9.83. The van der Waals surface area contributed by atoms with Crippen LogP contribution in [0.5, 0.6) is 5.75 Å². The summed E-state index contributed by atoms with van der Waals surface area (Å²) in [7, 11) is 3.80. The van der Waals surface area contributed by atoms with Gasteiger partial charge in [0.05, 0.1) is 16.4 Å². The second-order valence-electron chi connectivity index (χ2n) is 6.99. The molecule has 0 bridgehead atoms. The van der Waals surface area contributed by atoms with Crippen LogP contribution in [0.15, 0.2) is 48.5 Å². The maximum Gasteiger partial charge on any atom is 0.573 e. The SMILES string of the molecule is CN(C)CCNc1nc(Nc2c(F)cccc2Cl)cc(-c2cccc(OC(F)(F)F)c2)n1. The van der Waals surface area contributed by atoms with Crippen molar-refractivity contribution in [2.24, 2.45) is 0 Å². The second-order valence-corrected chi connectivity index (χ2v) is 7.40. The summed E-state index contributed by atoms with van der Waals surface area (Å²) < 4.78 is 56.0. The van der Waals surface area contributed by atoms with Crippen molar-refractivity contribution in [2.75, 3.05) is 37.8 Å². The summed E-state index contributed by atoms with van der Waals surface area (Å²) in [4.78, 5) is 10.7. The standard InChI is InChI=1S/C21H20ClF4N5O/c1-31(2)10-9-27-20-28-17(13-5-3-6-14(11-13)32-21(24,25)26)12-18(30-20)29-19-15(22)7-4-8-16(19)23/h3-8,11-12H,9-10H2,1-2H3,(H2,27,28,29,30). The monoisotopic (exact) mass is 469 g/mol. The van der Waals surface area contributed by atoms with E-state index in [-0.39, 0.29) is 28.2 Å². The fraction of sp³-hybridized carbons (Fsp3) is 0.238. The Hall–Kier alpha value is -3.11. The Labute approximate surface area is 187 Å². The number of nitrogens with one attached hydrogen (secondary N) is 2. The lowest BCUT2D eigenvalue weighted by Gasteiger charge is -2.15. The van der Waals surface area contributed by atoms with Gasteiger partial charge in [-0.1, -0.05) is 29.8 Å². The van der Waals surface area contributed by atoms with Crippen LogP contribution >= 0.6 is 11.6 Å². The third-order valence-electron chi connectivity index (χ3n) is 4.15. The lowest BCUT2D eigenvalue weighted by Crippen LogP contribution is -2.21. The topological polar surface area (TPSA) is 62.3 Å². The average Bonchev–Trinajstić information content (AvgIpc) is 2.69. The first-order valence-electron chi connectivity index (χ1n) is 9.45. The molecule has 0 spiro atoms. The maximum absolute atomic E-state index is 14.2. The third kappa shape index (κ3) is 6.69. The summed E-state index contributed by atoms with van der Waals surface area (Å²) in [6, 6.07) is 11.1. The summed E-state index contributed by atoms with van der Waals surface area (Å²) in [6.45, 7) is 1.19. The van der Waals surface area contributed by atoms with E-state index in [4.69, 9.17) is 11.6 Å². The highest BCUT2D eigenvalue weighted by molar-refractivity contribution is 6.33. The van der Waals surface area contributed by atoms with E-state index >= 15 is 0 Å². The van der Waals surface area contributed by atoms with Crippen LogP contribution in [0.1, 0.15) is 0 Å². The average molecular weight is 470 g/mol. The highest BCUT2D eigenvalue weighted by atomic mass is 35.5. The number of hydrogen-bond donors (Lipinski definition) is 2. The number of hydrogen-bond acceptors (Lipinski definition) is 6. The molecule has 32 heavy (non-hydrogen) atoms. The van der Waals surface area contributed by atoms with Gasteiger partial charge < -0.3 is 20.3 Å². The Morgan fingerprint density at radius 2 is 1.81 bits per heavy atom. The molecule has 1 heterocycles. The molecule has 0 amide bonds. The number of ether oxygens (including phenoxy) is 1. The molecule has 0 saturated carbocycles. The normalized spacial score (nSPS) is 11.5. The smallest absolute Gasteiger partial charge is 0.406 e. The molecule has 170 valence electrons. The van der Waals surface area contributed by atoms with Crippen molar-refractivity contribution >= 4 is 29.1 Å². The van der Waals surface area contributed by atoms with Crippen molar-refractivity contribution in [1.82, 2.24) is 14.9 Å². The van der Waals surface area contributed by atoms with Gasteiger partial charge in [0, 0.05) is 24.7 Å². The van der Waals surface area contributed by atoms with E-state index in [0.29, 0.717) is 24.3 Å². The van der Waals surface area contributed by atoms with Crippen LogP contribution < -0.4 is 15.4 Å². The number of alkyl halides is 3. The Bertz CT molecular complexity index is 1060. The molecule has 1 aromatic heterocycles.